The topological polar surface area (TPSA) is 41.1 Å². The van der Waals surface area contributed by atoms with E-state index >= 15 is 0 Å². The van der Waals surface area contributed by atoms with Crippen LogP contribution in [-0.4, -0.2) is 34.6 Å². The zero-order valence-electron chi connectivity index (χ0n) is 9.95. The third-order valence-electron chi connectivity index (χ3n) is 2.23. The van der Waals surface area contributed by atoms with Gasteiger partial charge in [-0.2, -0.15) is 0 Å². The van der Waals surface area contributed by atoms with E-state index in [1.54, 1.807) is 0 Å². The second-order valence-corrected chi connectivity index (χ2v) is 4.77. The molecule has 0 aromatic carbocycles. The Morgan fingerprint density at radius 3 is 2.73 bits per heavy atom. The van der Waals surface area contributed by atoms with Gasteiger partial charge in [-0.3, -0.25) is 4.90 Å². The highest BCUT2D eigenvalue weighted by Gasteiger charge is 2.11. The molecule has 0 aliphatic carbocycles. The molecule has 1 rings (SSSR count). The summed E-state index contributed by atoms with van der Waals surface area (Å²) in [5.41, 5.74) is 1.06. The average molecular weight is 228 g/mol. The lowest BCUT2D eigenvalue weighted by molar-refractivity contribution is 0.246. The Morgan fingerprint density at radius 1 is 1.47 bits per heavy atom. The lowest BCUT2D eigenvalue weighted by Gasteiger charge is -2.21. The van der Waals surface area contributed by atoms with Crippen molar-refractivity contribution in [2.24, 2.45) is 5.92 Å². The van der Waals surface area contributed by atoms with Crippen LogP contribution in [0.5, 0.6) is 0 Å². The summed E-state index contributed by atoms with van der Waals surface area (Å²) in [5, 5.41) is 8.35. The molecule has 4 nitrogen and oxygen atoms in total. The number of anilines is 1. The zero-order chi connectivity index (χ0) is 11.3. The third kappa shape index (κ3) is 3.76. The van der Waals surface area contributed by atoms with Gasteiger partial charge in [0.05, 0.1) is 0 Å². The standard InChI is InChI=1S/C10H20N4S/c1-5-14(6-8(2)3)7-9-10(11-4)15-13-12-9/h8,11H,5-7H2,1-4H3. The molecule has 1 aromatic rings. The minimum atomic E-state index is 0.689. The third-order valence-corrected chi connectivity index (χ3v) is 3.01. The Kier molecular flexibility index (Phi) is 4.98. The second-order valence-electron chi connectivity index (χ2n) is 4.02. The molecular weight excluding hydrogens is 208 g/mol. The summed E-state index contributed by atoms with van der Waals surface area (Å²) >= 11 is 1.42. The molecule has 0 aliphatic rings. The van der Waals surface area contributed by atoms with Crippen LogP contribution in [-0.2, 0) is 6.54 Å². The van der Waals surface area contributed by atoms with E-state index in [0.29, 0.717) is 5.92 Å². The van der Waals surface area contributed by atoms with Gasteiger partial charge in [0, 0.05) is 31.7 Å². The van der Waals surface area contributed by atoms with Gasteiger partial charge in [0.2, 0.25) is 0 Å². The van der Waals surface area contributed by atoms with Crippen LogP contribution in [0, 0.1) is 5.92 Å². The molecule has 86 valence electrons. The number of aromatic nitrogens is 2. The predicted octanol–water partition coefficient (Wildman–Crippen LogP) is 2.06. The molecule has 0 unspecified atom stereocenters. The highest BCUT2D eigenvalue weighted by Crippen LogP contribution is 2.18. The molecule has 0 spiro atoms. The van der Waals surface area contributed by atoms with Crippen molar-refractivity contribution in [2.45, 2.75) is 27.3 Å². The molecule has 0 radical (unpaired) electrons. The van der Waals surface area contributed by atoms with Gasteiger partial charge in [-0.1, -0.05) is 25.3 Å². The number of rotatable bonds is 6. The van der Waals surface area contributed by atoms with Crippen LogP contribution >= 0.6 is 11.5 Å². The van der Waals surface area contributed by atoms with E-state index in [4.69, 9.17) is 0 Å². The van der Waals surface area contributed by atoms with Gasteiger partial charge < -0.3 is 5.32 Å². The normalized spacial score (nSPS) is 11.3. The quantitative estimate of drug-likeness (QED) is 0.809. The highest BCUT2D eigenvalue weighted by atomic mass is 32.1. The summed E-state index contributed by atoms with van der Waals surface area (Å²) in [6, 6.07) is 0. The number of nitrogens with one attached hydrogen (secondary N) is 1. The van der Waals surface area contributed by atoms with Crippen LogP contribution in [0.15, 0.2) is 0 Å². The molecule has 5 heteroatoms. The van der Waals surface area contributed by atoms with Crippen molar-refractivity contribution >= 4 is 16.5 Å². The van der Waals surface area contributed by atoms with Crippen LogP contribution in [0.4, 0.5) is 5.00 Å². The number of hydrogen-bond acceptors (Lipinski definition) is 5. The Morgan fingerprint density at radius 2 is 2.20 bits per heavy atom. The first kappa shape index (κ1) is 12.4. The fourth-order valence-electron chi connectivity index (χ4n) is 1.54. The first-order valence-electron chi connectivity index (χ1n) is 5.38. The Hall–Kier alpha value is -0.680. The van der Waals surface area contributed by atoms with Gasteiger partial charge in [-0.05, 0) is 12.5 Å². The molecule has 1 aromatic heterocycles. The molecule has 0 amide bonds. The summed E-state index contributed by atoms with van der Waals surface area (Å²) < 4.78 is 3.96. The van der Waals surface area contributed by atoms with Gasteiger partial charge in [-0.25, -0.2) is 0 Å². The monoisotopic (exact) mass is 228 g/mol. The zero-order valence-corrected chi connectivity index (χ0v) is 10.8. The van der Waals surface area contributed by atoms with E-state index in [-0.39, 0.29) is 0 Å². The van der Waals surface area contributed by atoms with E-state index in [2.05, 4.69) is 40.6 Å². The van der Waals surface area contributed by atoms with Crippen LogP contribution in [0.25, 0.3) is 0 Å². The molecule has 0 fully saturated rings. The van der Waals surface area contributed by atoms with Crippen molar-refractivity contribution in [1.82, 2.24) is 14.5 Å². The molecule has 0 saturated heterocycles. The molecule has 0 bridgehead atoms. The maximum absolute atomic E-state index is 4.15. The highest BCUT2D eigenvalue weighted by molar-refractivity contribution is 7.10. The second kappa shape index (κ2) is 6.02. The fraction of sp³-hybridized carbons (Fsp3) is 0.800. The molecular formula is C10H20N4S. The first-order chi connectivity index (χ1) is 7.17. The van der Waals surface area contributed by atoms with Crippen molar-refractivity contribution in [3.63, 3.8) is 0 Å². The van der Waals surface area contributed by atoms with Gasteiger partial charge in [-0.15, -0.1) is 5.10 Å². The first-order valence-corrected chi connectivity index (χ1v) is 6.16. The number of nitrogens with zero attached hydrogens (tertiary/aromatic N) is 3. The largest absolute Gasteiger partial charge is 0.377 e. The Balaban J connectivity index is 2.58. The maximum Gasteiger partial charge on any atom is 0.134 e. The minimum Gasteiger partial charge on any atom is -0.377 e. The summed E-state index contributed by atoms with van der Waals surface area (Å²) in [6.07, 6.45) is 0. The number of hydrogen-bond donors (Lipinski definition) is 1. The van der Waals surface area contributed by atoms with Gasteiger partial charge in [0.25, 0.3) is 0 Å². The van der Waals surface area contributed by atoms with E-state index in [0.717, 1.165) is 30.3 Å². The molecule has 0 aliphatic heterocycles. The van der Waals surface area contributed by atoms with Crippen LogP contribution < -0.4 is 5.32 Å². The predicted molar refractivity (Wildman–Crippen MR) is 65.2 cm³/mol. The smallest absolute Gasteiger partial charge is 0.134 e. The van der Waals surface area contributed by atoms with Crippen molar-refractivity contribution < 1.29 is 0 Å². The summed E-state index contributed by atoms with van der Waals surface area (Å²) in [4.78, 5) is 2.39. The Bertz CT molecular complexity index is 285. The van der Waals surface area contributed by atoms with Crippen LogP contribution in [0.2, 0.25) is 0 Å². The van der Waals surface area contributed by atoms with Crippen molar-refractivity contribution in [3.8, 4) is 0 Å². The van der Waals surface area contributed by atoms with E-state index < -0.39 is 0 Å². The molecule has 1 heterocycles. The van der Waals surface area contributed by atoms with E-state index in [9.17, 15) is 0 Å². The van der Waals surface area contributed by atoms with Gasteiger partial charge in [0.15, 0.2) is 0 Å². The van der Waals surface area contributed by atoms with Crippen molar-refractivity contribution in [2.75, 3.05) is 25.5 Å². The van der Waals surface area contributed by atoms with Crippen LogP contribution in [0.1, 0.15) is 26.5 Å². The average Bonchev–Trinajstić information content (AvgIpc) is 2.63. The fourth-order valence-corrected chi connectivity index (χ4v) is 2.06. The van der Waals surface area contributed by atoms with Gasteiger partial charge >= 0.3 is 0 Å². The molecule has 1 N–H and O–H groups in total. The van der Waals surface area contributed by atoms with Gasteiger partial charge in [0.1, 0.15) is 10.7 Å². The van der Waals surface area contributed by atoms with E-state index in [1.807, 2.05) is 7.05 Å². The van der Waals surface area contributed by atoms with Crippen molar-refractivity contribution in [1.29, 1.82) is 0 Å². The lowest BCUT2D eigenvalue weighted by atomic mass is 10.2. The SMILES string of the molecule is CCN(Cc1nnsc1NC)CC(C)C. The summed E-state index contributed by atoms with van der Waals surface area (Å²) in [5.74, 6) is 0.689. The van der Waals surface area contributed by atoms with Crippen LogP contribution in [0.3, 0.4) is 0 Å². The lowest BCUT2D eigenvalue weighted by Crippen LogP contribution is -2.27. The molecule has 0 atom stereocenters. The van der Waals surface area contributed by atoms with E-state index in [1.165, 1.54) is 11.5 Å². The minimum absolute atomic E-state index is 0.689. The summed E-state index contributed by atoms with van der Waals surface area (Å²) in [7, 11) is 1.91. The Labute approximate surface area is 95.8 Å². The molecule has 0 saturated carbocycles. The van der Waals surface area contributed by atoms with Crippen molar-refractivity contribution in [3.05, 3.63) is 5.69 Å². The molecule has 15 heavy (non-hydrogen) atoms. The maximum atomic E-state index is 4.15. The summed E-state index contributed by atoms with van der Waals surface area (Å²) in [6.45, 7) is 9.71.